The third kappa shape index (κ3) is 3.23. The van der Waals surface area contributed by atoms with Gasteiger partial charge in [0.05, 0.1) is 12.5 Å². The molecule has 0 radical (unpaired) electrons. The van der Waals surface area contributed by atoms with Crippen molar-refractivity contribution in [3.8, 4) is 0 Å². The molecular formula is C9H15NO. The van der Waals surface area contributed by atoms with Crippen molar-refractivity contribution in [2.24, 2.45) is 0 Å². The van der Waals surface area contributed by atoms with Crippen LogP contribution in [0.1, 0.15) is 18.9 Å². The first-order valence-corrected chi connectivity index (χ1v) is 4.15. The highest BCUT2D eigenvalue weighted by Crippen LogP contribution is 1.99. The van der Waals surface area contributed by atoms with E-state index in [2.05, 4.69) is 12.2 Å². The molecule has 0 unspecified atom stereocenters. The van der Waals surface area contributed by atoms with Gasteiger partial charge in [0.25, 0.3) is 0 Å². The lowest BCUT2D eigenvalue weighted by Gasteiger charge is -1.99. The second kappa shape index (κ2) is 4.97. The molecular weight excluding hydrogens is 138 g/mol. The Labute approximate surface area is 67.6 Å². The van der Waals surface area contributed by atoms with Crippen LogP contribution in [0.5, 0.6) is 0 Å². The zero-order valence-electron chi connectivity index (χ0n) is 6.97. The molecule has 0 aromatic carbocycles. The molecule has 62 valence electrons. The third-order valence-electron chi connectivity index (χ3n) is 1.60. The van der Waals surface area contributed by atoms with Gasteiger partial charge in [-0.3, -0.25) is 0 Å². The van der Waals surface area contributed by atoms with E-state index in [1.165, 1.54) is 12.0 Å². The highest BCUT2D eigenvalue weighted by atomic mass is 16.3. The van der Waals surface area contributed by atoms with Crippen LogP contribution in [0.15, 0.2) is 23.0 Å². The standard InChI is InChI=1S/C9H15NO/c1-2-5-10-6-3-9-4-7-11-8-9/h4,7-8,10H,2-3,5-6H2,1H3. The molecule has 0 saturated heterocycles. The molecule has 0 aliphatic heterocycles. The first-order valence-electron chi connectivity index (χ1n) is 4.15. The van der Waals surface area contributed by atoms with Crippen LogP contribution in [0.3, 0.4) is 0 Å². The van der Waals surface area contributed by atoms with Crippen LogP contribution < -0.4 is 5.32 Å². The van der Waals surface area contributed by atoms with Gasteiger partial charge >= 0.3 is 0 Å². The lowest BCUT2D eigenvalue weighted by Crippen LogP contribution is -2.17. The SMILES string of the molecule is CCCNCCc1ccoc1. The molecule has 0 aliphatic carbocycles. The summed E-state index contributed by atoms with van der Waals surface area (Å²) in [5.41, 5.74) is 1.27. The minimum atomic E-state index is 1.05. The number of hydrogen-bond acceptors (Lipinski definition) is 2. The monoisotopic (exact) mass is 153 g/mol. The van der Waals surface area contributed by atoms with Gasteiger partial charge in [-0.05, 0) is 37.6 Å². The minimum absolute atomic E-state index is 1.05. The average Bonchev–Trinajstić information content (AvgIpc) is 2.50. The zero-order chi connectivity index (χ0) is 7.94. The van der Waals surface area contributed by atoms with Crippen LogP contribution in [-0.2, 0) is 6.42 Å². The maximum atomic E-state index is 4.94. The van der Waals surface area contributed by atoms with E-state index < -0.39 is 0 Å². The fourth-order valence-corrected chi connectivity index (χ4v) is 0.969. The van der Waals surface area contributed by atoms with Gasteiger partial charge in [0.15, 0.2) is 0 Å². The normalized spacial score (nSPS) is 10.3. The number of nitrogens with one attached hydrogen (secondary N) is 1. The van der Waals surface area contributed by atoms with Crippen molar-refractivity contribution >= 4 is 0 Å². The lowest BCUT2D eigenvalue weighted by atomic mass is 10.2. The summed E-state index contributed by atoms with van der Waals surface area (Å²) in [6.07, 6.45) is 5.78. The Hall–Kier alpha value is -0.760. The summed E-state index contributed by atoms with van der Waals surface area (Å²) in [5, 5.41) is 3.33. The highest BCUT2D eigenvalue weighted by molar-refractivity contribution is 5.05. The summed E-state index contributed by atoms with van der Waals surface area (Å²) in [5.74, 6) is 0. The molecule has 0 atom stereocenters. The largest absolute Gasteiger partial charge is 0.472 e. The van der Waals surface area contributed by atoms with E-state index in [9.17, 15) is 0 Å². The van der Waals surface area contributed by atoms with Gasteiger partial charge in [-0.25, -0.2) is 0 Å². The first-order chi connectivity index (χ1) is 5.43. The molecule has 0 amide bonds. The predicted octanol–water partition coefficient (Wildman–Crippen LogP) is 1.82. The third-order valence-corrected chi connectivity index (χ3v) is 1.60. The second-order valence-electron chi connectivity index (χ2n) is 2.63. The molecule has 11 heavy (non-hydrogen) atoms. The second-order valence-corrected chi connectivity index (χ2v) is 2.63. The van der Waals surface area contributed by atoms with Gasteiger partial charge < -0.3 is 9.73 Å². The van der Waals surface area contributed by atoms with Crippen molar-refractivity contribution < 1.29 is 4.42 Å². The molecule has 0 fully saturated rings. The van der Waals surface area contributed by atoms with Gasteiger partial charge in [-0.1, -0.05) is 6.92 Å². The quantitative estimate of drug-likeness (QED) is 0.653. The summed E-state index contributed by atoms with van der Waals surface area (Å²) in [7, 11) is 0. The topological polar surface area (TPSA) is 25.2 Å². The number of furan rings is 1. The number of hydrogen-bond donors (Lipinski definition) is 1. The Morgan fingerprint density at radius 3 is 3.00 bits per heavy atom. The van der Waals surface area contributed by atoms with Gasteiger partial charge in [-0.2, -0.15) is 0 Å². The fraction of sp³-hybridized carbons (Fsp3) is 0.556. The smallest absolute Gasteiger partial charge is 0.0934 e. The van der Waals surface area contributed by atoms with Gasteiger partial charge in [-0.15, -0.1) is 0 Å². The molecule has 2 nitrogen and oxygen atoms in total. The van der Waals surface area contributed by atoms with Crippen LogP contribution >= 0.6 is 0 Å². The average molecular weight is 153 g/mol. The first kappa shape index (κ1) is 8.34. The molecule has 0 saturated carbocycles. The van der Waals surface area contributed by atoms with Gasteiger partial charge in [0.1, 0.15) is 0 Å². The minimum Gasteiger partial charge on any atom is -0.472 e. The fourth-order valence-electron chi connectivity index (χ4n) is 0.969. The van der Waals surface area contributed by atoms with Crippen molar-refractivity contribution in [2.45, 2.75) is 19.8 Å². The zero-order valence-corrected chi connectivity index (χ0v) is 6.97. The van der Waals surface area contributed by atoms with Crippen LogP contribution in [0, 0.1) is 0 Å². The molecule has 1 rings (SSSR count). The predicted molar refractivity (Wildman–Crippen MR) is 45.6 cm³/mol. The summed E-state index contributed by atoms with van der Waals surface area (Å²) in [6, 6.07) is 2.01. The van der Waals surface area contributed by atoms with E-state index in [4.69, 9.17) is 4.42 Å². The Morgan fingerprint density at radius 1 is 1.45 bits per heavy atom. The van der Waals surface area contributed by atoms with E-state index in [1.807, 2.05) is 6.07 Å². The Morgan fingerprint density at radius 2 is 2.36 bits per heavy atom. The van der Waals surface area contributed by atoms with Crippen LogP contribution in [0.25, 0.3) is 0 Å². The van der Waals surface area contributed by atoms with Gasteiger partial charge in [0, 0.05) is 0 Å². The van der Waals surface area contributed by atoms with Crippen molar-refractivity contribution in [1.82, 2.24) is 5.32 Å². The van der Waals surface area contributed by atoms with Crippen LogP contribution in [-0.4, -0.2) is 13.1 Å². The lowest BCUT2D eigenvalue weighted by molar-refractivity contribution is 0.562. The maximum Gasteiger partial charge on any atom is 0.0934 e. The van der Waals surface area contributed by atoms with Crippen molar-refractivity contribution in [3.05, 3.63) is 24.2 Å². The Kier molecular flexibility index (Phi) is 3.76. The molecule has 1 heterocycles. The molecule has 1 N–H and O–H groups in total. The van der Waals surface area contributed by atoms with Crippen LogP contribution in [0.4, 0.5) is 0 Å². The van der Waals surface area contributed by atoms with Gasteiger partial charge in [0.2, 0.25) is 0 Å². The molecule has 0 bridgehead atoms. The molecule has 0 aliphatic rings. The van der Waals surface area contributed by atoms with E-state index in [1.54, 1.807) is 12.5 Å². The van der Waals surface area contributed by atoms with Crippen molar-refractivity contribution in [1.29, 1.82) is 0 Å². The molecule has 2 heteroatoms. The summed E-state index contributed by atoms with van der Waals surface area (Å²) >= 11 is 0. The van der Waals surface area contributed by atoms with E-state index in [0.717, 1.165) is 19.5 Å². The van der Waals surface area contributed by atoms with Crippen molar-refractivity contribution in [2.75, 3.05) is 13.1 Å². The van der Waals surface area contributed by atoms with Crippen molar-refractivity contribution in [3.63, 3.8) is 0 Å². The molecule has 1 aromatic rings. The summed E-state index contributed by atoms with van der Waals surface area (Å²) in [6.45, 7) is 4.33. The molecule has 1 aromatic heterocycles. The molecule has 0 spiro atoms. The Balaban J connectivity index is 2.04. The highest BCUT2D eigenvalue weighted by Gasteiger charge is 1.91. The maximum absolute atomic E-state index is 4.94. The summed E-state index contributed by atoms with van der Waals surface area (Å²) in [4.78, 5) is 0. The summed E-state index contributed by atoms with van der Waals surface area (Å²) < 4.78 is 4.94. The Bertz CT molecular complexity index is 170. The van der Waals surface area contributed by atoms with E-state index in [0.29, 0.717) is 0 Å². The van der Waals surface area contributed by atoms with Crippen LogP contribution in [0.2, 0.25) is 0 Å². The van der Waals surface area contributed by atoms with E-state index >= 15 is 0 Å². The van der Waals surface area contributed by atoms with E-state index in [-0.39, 0.29) is 0 Å². The number of rotatable bonds is 5.